The fourth-order valence-corrected chi connectivity index (χ4v) is 1.86. The van der Waals surface area contributed by atoms with Gasteiger partial charge >= 0.3 is 11.7 Å². The van der Waals surface area contributed by atoms with Gasteiger partial charge in [-0.1, -0.05) is 0 Å². The van der Waals surface area contributed by atoms with Crippen molar-refractivity contribution >= 4 is 33.4 Å². The first kappa shape index (κ1) is 16.3. The van der Waals surface area contributed by atoms with Gasteiger partial charge in [0, 0.05) is 29.8 Å². The largest absolute Gasteiger partial charge is 0.480 e. The van der Waals surface area contributed by atoms with Gasteiger partial charge in [-0.3, -0.25) is 14.9 Å². The number of rotatable bonds is 7. The molecule has 1 aromatic rings. The van der Waals surface area contributed by atoms with Gasteiger partial charge in [0.05, 0.1) is 4.92 Å². The fraction of sp³-hybridized carbons (Fsp3) is 0.455. The Kier molecular flexibility index (Phi) is 5.83. The Labute approximate surface area is 124 Å². The summed E-state index contributed by atoms with van der Waals surface area (Å²) in [4.78, 5) is 28.6. The molecule has 0 radical (unpaired) electrons. The van der Waals surface area contributed by atoms with Gasteiger partial charge in [0.1, 0.15) is 6.54 Å². The summed E-state index contributed by atoms with van der Waals surface area (Å²) in [6.07, 6.45) is 1.41. The number of nitrogens with zero attached hydrogens (tertiary/aromatic N) is 4. The van der Waals surface area contributed by atoms with Gasteiger partial charge in [0.2, 0.25) is 5.82 Å². The molecule has 20 heavy (non-hydrogen) atoms. The highest BCUT2D eigenvalue weighted by Gasteiger charge is 2.23. The molecule has 9 heteroatoms. The Morgan fingerprint density at radius 3 is 2.65 bits per heavy atom. The van der Waals surface area contributed by atoms with E-state index in [4.69, 9.17) is 5.11 Å². The van der Waals surface area contributed by atoms with Crippen molar-refractivity contribution in [3.05, 3.63) is 26.9 Å². The quantitative estimate of drug-likeness (QED) is 0.584. The molecule has 1 aromatic heterocycles. The molecule has 0 spiro atoms. The molecule has 0 saturated heterocycles. The predicted octanol–water partition coefficient (Wildman–Crippen LogP) is 1.20. The summed E-state index contributed by atoms with van der Waals surface area (Å²) >= 11 is 3.12. The lowest BCUT2D eigenvalue weighted by molar-refractivity contribution is -0.384. The molecule has 0 amide bonds. The number of carboxylic acids is 1. The van der Waals surface area contributed by atoms with Crippen LogP contribution < -0.4 is 4.90 Å². The van der Waals surface area contributed by atoms with E-state index in [1.165, 1.54) is 17.2 Å². The van der Waals surface area contributed by atoms with E-state index >= 15 is 0 Å². The number of hydrogen-bond donors (Lipinski definition) is 1. The Morgan fingerprint density at radius 1 is 1.50 bits per heavy atom. The number of carboxylic acid groups (broad SMARTS) is 1. The molecule has 0 aromatic carbocycles. The second-order valence-electron chi connectivity index (χ2n) is 4.37. The van der Waals surface area contributed by atoms with E-state index in [1.54, 1.807) is 0 Å². The van der Waals surface area contributed by atoms with E-state index in [0.29, 0.717) is 17.6 Å². The van der Waals surface area contributed by atoms with E-state index in [9.17, 15) is 14.9 Å². The van der Waals surface area contributed by atoms with Crippen LogP contribution in [0.2, 0.25) is 0 Å². The standard InChI is InChI=1S/C11H15BrN4O4/c1-14(2)3-4-15(7-10(17)18)11-9(16(19)20)5-8(12)6-13-11/h5-6H,3-4,7H2,1-2H3,(H,17,18). The number of nitro groups is 1. The summed E-state index contributed by atoms with van der Waals surface area (Å²) in [6.45, 7) is 0.542. The van der Waals surface area contributed by atoms with Crippen LogP contribution in [0.5, 0.6) is 0 Å². The minimum absolute atomic E-state index is 0.0578. The molecule has 0 aliphatic carbocycles. The number of hydrogen-bond acceptors (Lipinski definition) is 6. The normalized spacial score (nSPS) is 10.6. The van der Waals surface area contributed by atoms with Crippen molar-refractivity contribution in [3.8, 4) is 0 Å². The van der Waals surface area contributed by atoms with Gasteiger partial charge in [0.25, 0.3) is 0 Å². The van der Waals surface area contributed by atoms with Gasteiger partial charge < -0.3 is 14.9 Å². The van der Waals surface area contributed by atoms with Crippen molar-refractivity contribution < 1.29 is 14.8 Å². The van der Waals surface area contributed by atoms with Crippen LogP contribution in [-0.4, -0.2) is 59.6 Å². The summed E-state index contributed by atoms with van der Waals surface area (Å²) < 4.78 is 0.468. The first-order valence-electron chi connectivity index (χ1n) is 5.72. The van der Waals surface area contributed by atoms with Gasteiger partial charge in [-0.2, -0.15) is 0 Å². The van der Waals surface area contributed by atoms with Crippen LogP contribution in [0.25, 0.3) is 0 Å². The summed E-state index contributed by atoms with van der Waals surface area (Å²) in [5, 5.41) is 20.0. The molecule has 8 nitrogen and oxygen atoms in total. The molecule has 0 bridgehead atoms. The van der Waals surface area contributed by atoms with E-state index < -0.39 is 10.9 Å². The topological polar surface area (TPSA) is 99.8 Å². The van der Waals surface area contributed by atoms with Gasteiger partial charge in [-0.15, -0.1) is 0 Å². The van der Waals surface area contributed by atoms with Gasteiger partial charge in [-0.25, -0.2) is 4.98 Å². The molecule has 0 unspecified atom stereocenters. The number of aromatic nitrogens is 1. The van der Waals surface area contributed by atoms with Crippen LogP contribution in [0.3, 0.4) is 0 Å². The summed E-state index contributed by atoms with van der Waals surface area (Å²) in [5.41, 5.74) is -0.223. The number of pyridine rings is 1. The Morgan fingerprint density at radius 2 is 2.15 bits per heavy atom. The molecule has 1 rings (SSSR count). The average Bonchev–Trinajstić information content (AvgIpc) is 2.33. The Hall–Kier alpha value is -1.74. The van der Waals surface area contributed by atoms with Crippen LogP contribution in [0, 0.1) is 10.1 Å². The second kappa shape index (κ2) is 7.15. The van der Waals surface area contributed by atoms with Crippen LogP contribution in [0.1, 0.15) is 0 Å². The average molecular weight is 347 g/mol. The number of likely N-dealkylation sites (N-methyl/N-ethyl adjacent to an activating group) is 1. The molecule has 0 atom stereocenters. The zero-order valence-electron chi connectivity index (χ0n) is 11.1. The maximum Gasteiger partial charge on any atom is 0.323 e. The van der Waals surface area contributed by atoms with Crippen molar-refractivity contribution in [2.45, 2.75) is 0 Å². The van der Waals surface area contributed by atoms with Crippen molar-refractivity contribution in [2.75, 3.05) is 38.6 Å². The van der Waals surface area contributed by atoms with Gasteiger partial charge in [0.15, 0.2) is 0 Å². The molecular formula is C11H15BrN4O4. The Balaban J connectivity index is 3.11. The smallest absolute Gasteiger partial charge is 0.323 e. The third-order valence-corrected chi connectivity index (χ3v) is 2.89. The Bertz CT molecular complexity index is 509. The van der Waals surface area contributed by atoms with E-state index in [1.807, 2.05) is 19.0 Å². The van der Waals surface area contributed by atoms with Crippen molar-refractivity contribution in [1.82, 2.24) is 9.88 Å². The van der Waals surface area contributed by atoms with E-state index in [2.05, 4.69) is 20.9 Å². The first-order valence-corrected chi connectivity index (χ1v) is 6.52. The first-order chi connectivity index (χ1) is 9.31. The van der Waals surface area contributed by atoms with Crippen LogP contribution >= 0.6 is 15.9 Å². The third kappa shape index (κ3) is 4.74. The maximum atomic E-state index is 11.1. The molecule has 0 saturated carbocycles. The van der Waals surface area contributed by atoms with Crippen LogP contribution in [0.15, 0.2) is 16.7 Å². The summed E-state index contributed by atoms with van der Waals surface area (Å²) in [7, 11) is 3.67. The molecule has 0 aliphatic heterocycles. The van der Waals surface area contributed by atoms with Crippen LogP contribution in [0.4, 0.5) is 11.5 Å². The van der Waals surface area contributed by atoms with Crippen LogP contribution in [-0.2, 0) is 4.79 Å². The number of carbonyl (C=O) groups is 1. The number of aliphatic carboxylic acids is 1. The van der Waals surface area contributed by atoms with E-state index in [0.717, 1.165) is 0 Å². The highest BCUT2D eigenvalue weighted by atomic mass is 79.9. The second-order valence-corrected chi connectivity index (χ2v) is 5.29. The molecule has 1 heterocycles. The minimum atomic E-state index is -1.07. The monoisotopic (exact) mass is 346 g/mol. The molecule has 0 fully saturated rings. The van der Waals surface area contributed by atoms with E-state index in [-0.39, 0.29) is 18.1 Å². The van der Waals surface area contributed by atoms with Gasteiger partial charge in [-0.05, 0) is 30.0 Å². The summed E-state index contributed by atoms with van der Waals surface area (Å²) in [5.74, 6) is -1.01. The lowest BCUT2D eigenvalue weighted by Gasteiger charge is -2.23. The zero-order valence-corrected chi connectivity index (χ0v) is 12.7. The zero-order chi connectivity index (χ0) is 15.3. The van der Waals surface area contributed by atoms with Crippen molar-refractivity contribution in [3.63, 3.8) is 0 Å². The lowest BCUT2D eigenvalue weighted by atomic mass is 10.3. The summed E-state index contributed by atoms with van der Waals surface area (Å²) in [6, 6.07) is 1.31. The molecule has 1 N–H and O–H groups in total. The predicted molar refractivity (Wildman–Crippen MR) is 77.0 cm³/mol. The molecule has 0 aliphatic rings. The highest BCUT2D eigenvalue weighted by Crippen LogP contribution is 2.28. The SMILES string of the molecule is CN(C)CCN(CC(=O)O)c1ncc(Br)cc1[N+](=O)[O-]. The lowest BCUT2D eigenvalue weighted by Crippen LogP contribution is -2.36. The van der Waals surface area contributed by atoms with Crippen molar-refractivity contribution in [1.29, 1.82) is 0 Å². The number of halogens is 1. The minimum Gasteiger partial charge on any atom is -0.480 e. The molecule has 110 valence electrons. The number of anilines is 1. The molecular weight excluding hydrogens is 332 g/mol. The van der Waals surface area contributed by atoms with Crippen molar-refractivity contribution in [2.24, 2.45) is 0 Å². The third-order valence-electron chi connectivity index (χ3n) is 2.45. The fourth-order valence-electron chi connectivity index (χ4n) is 1.54. The highest BCUT2D eigenvalue weighted by molar-refractivity contribution is 9.10. The maximum absolute atomic E-state index is 11.1.